The molecule has 11 aromatic rings. The van der Waals surface area contributed by atoms with Crippen LogP contribution in [0.25, 0.3) is 83.3 Å². The Bertz CT molecular complexity index is 3270. The second-order valence-corrected chi connectivity index (χ2v) is 15.0. The first kappa shape index (κ1) is 35.1. The van der Waals surface area contributed by atoms with Gasteiger partial charge in [0.1, 0.15) is 0 Å². The molecule has 2 aromatic heterocycles. The maximum absolute atomic E-state index is 5.16. The van der Waals surface area contributed by atoms with Crippen molar-refractivity contribution in [1.29, 1.82) is 0 Å². The number of nitrogens with zero attached hydrogens (tertiary/aromatic N) is 4. The molecule has 0 aliphatic heterocycles. The summed E-state index contributed by atoms with van der Waals surface area (Å²) in [6.45, 7) is 0. The van der Waals surface area contributed by atoms with Crippen molar-refractivity contribution in [3.8, 4) is 50.5 Å². The zero-order valence-corrected chi connectivity index (χ0v) is 32.7. The molecule has 2 heterocycles. The summed E-state index contributed by atoms with van der Waals surface area (Å²) in [6, 6.07) is 81.6. The molecule has 0 spiro atoms. The van der Waals surface area contributed by atoms with Gasteiger partial charge >= 0.3 is 0 Å². The van der Waals surface area contributed by atoms with Crippen molar-refractivity contribution in [3.05, 3.63) is 231 Å². The second-order valence-electron chi connectivity index (χ2n) is 15.0. The highest BCUT2D eigenvalue weighted by molar-refractivity contribution is 6.10. The van der Waals surface area contributed by atoms with Crippen LogP contribution in [0.3, 0.4) is 0 Å². The lowest BCUT2D eigenvalue weighted by Crippen LogP contribution is -2.10. The lowest BCUT2D eigenvalue weighted by molar-refractivity contribution is 1.18. The quantitative estimate of drug-likeness (QED) is 0.154. The Morgan fingerprint density at radius 3 is 1.28 bits per heavy atom. The predicted molar refractivity (Wildman–Crippen MR) is 250 cm³/mol. The molecule has 0 aliphatic rings. The minimum absolute atomic E-state index is 0.860. The number of hydrogen-bond donors (Lipinski definition) is 0. The summed E-state index contributed by atoms with van der Waals surface area (Å²) in [4.78, 5) is 12.6. The van der Waals surface area contributed by atoms with Crippen molar-refractivity contribution in [2.75, 3.05) is 4.90 Å². The van der Waals surface area contributed by atoms with E-state index < -0.39 is 0 Å². The van der Waals surface area contributed by atoms with Gasteiger partial charge in [-0.3, -0.25) is 0 Å². The minimum Gasteiger partial charge on any atom is -0.311 e. The standard InChI is InChI=1S/C56H38N4/c1-4-14-39(15-5-1)40-24-31-46(32-25-40)59(48-35-28-43(29-36-48)56-55(42-16-6-2-7-17-42)57-51-21-11-12-22-52(51)58-56)47-33-26-41(27-34-47)44-30-37-54-50(38-44)49-20-10-13-23-53(49)60(54)45-18-8-3-9-19-45/h1-38H. The van der Waals surface area contributed by atoms with Crippen LogP contribution >= 0.6 is 0 Å². The zero-order valence-electron chi connectivity index (χ0n) is 32.7. The number of para-hydroxylation sites is 4. The molecule has 0 bridgehead atoms. The van der Waals surface area contributed by atoms with E-state index in [9.17, 15) is 0 Å². The Kier molecular flexibility index (Phi) is 8.79. The Balaban J connectivity index is 0.989. The Labute approximate surface area is 348 Å². The third-order valence-electron chi connectivity index (χ3n) is 11.4. The molecule has 0 aliphatic carbocycles. The summed E-state index contributed by atoms with van der Waals surface area (Å²) in [5.74, 6) is 0. The number of anilines is 3. The summed E-state index contributed by atoms with van der Waals surface area (Å²) < 4.78 is 2.36. The van der Waals surface area contributed by atoms with Gasteiger partial charge in [-0.15, -0.1) is 0 Å². The molecule has 4 heteroatoms. The van der Waals surface area contributed by atoms with E-state index in [1.807, 2.05) is 42.5 Å². The van der Waals surface area contributed by atoms with Crippen LogP contribution in [0.4, 0.5) is 17.1 Å². The number of aromatic nitrogens is 3. The lowest BCUT2D eigenvalue weighted by atomic mass is 10.0. The molecular weight excluding hydrogens is 729 g/mol. The van der Waals surface area contributed by atoms with Crippen molar-refractivity contribution in [1.82, 2.24) is 14.5 Å². The topological polar surface area (TPSA) is 34.0 Å². The second kappa shape index (κ2) is 15.0. The minimum atomic E-state index is 0.860. The molecule has 11 rings (SSSR count). The van der Waals surface area contributed by atoms with E-state index in [-0.39, 0.29) is 0 Å². The van der Waals surface area contributed by atoms with E-state index in [0.29, 0.717) is 0 Å². The highest BCUT2D eigenvalue weighted by Crippen LogP contribution is 2.40. The number of fused-ring (bicyclic) bond motifs is 4. The van der Waals surface area contributed by atoms with E-state index in [1.165, 1.54) is 38.5 Å². The SMILES string of the molecule is c1ccc(-c2ccc(N(c3ccc(-c4ccc5c(c4)c4ccccc4n5-c4ccccc4)cc3)c3ccc(-c4nc5ccccc5nc4-c4ccccc4)cc3)cc2)cc1. The van der Waals surface area contributed by atoms with Crippen LogP contribution < -0.4 is 4.90 Å². The third-order valence-corrected chi connectivity index (χ3v) is 11.4. The predicted octanol–water partition coefficient (Wildman–Crippen LogP) is 14.9. The van der Waals surface area contributed by atoms with Crippen molar-refractivity contribution < 1.29 is 0 Å². The van der Waals surface area contributed by atoms with E-state index >= 15 is 0 Å². The molecular formula is C56H38N4. The van der Waals surface area contributed by atoms with E-state index in [2.05, 4.69) is 198 Å². The molecule has 0 atom stereocenters. The average Bonchev–Trinajstić information content (AvgIpc) is 3.66. The van der Waals surface area contributed by atoms with Gasteiger partial charge in [-0.25, -0.2) is 9.97 Å². The lowest BCUT2D eigenvalue weighted by Gasteiger charge is -2.26. The van der Waals surface area contributed by atoms with Gasteiger partial charge in [0.05, 0.1) is 33.5 Å². The van der Waals surface area contributed by atoms with Gasteiger partial charge in [-0.2, -0.15) is 0 Å². The Morgan fingerprint density at radius 1 is 0.300 bits per heavy atom. The first-order valence-electron chi connectivity index (χ1n) is 20.3. The van der Waals surface area contributed by atoms with E-state index in [4.69, 9.17) is 9.97 Å². The fourth-order valence-electron chi connectivity index (χ4n) is 8.46. The van der Waals surface area contributed by atoms with Crippen LogP contribution in [0.2, 0.25) is 0 Å². The summed E-state index contributed by atoms with van der Waals surface area (Å²) in [5, 5.41) is 2.48. The first-order chi connectivity index (χ1) is 29.7. The largest absolute Gasteiger partial charge is 0.311 e. The van der Waals surface area contributed by atoms with Crippen molar-refractivity contribution in [2.24, 2.45) is 0 Å². The summed E-state index contributed by atoms with van der Waals surface area (Å²) in [7, 11) is 0. The highest BCUT2D eigenvalue weighted by Gasteiger charge is 2.18. The monoisotopic (exact) mass is 766 g/mol. The molecule has 0 amide bonds. The molecule has 9 aromatic carbocycles. The summed E-state index contributed by atoms with van der Waals surface area (Å²) >= 11 is 0. The molecule has 0 saturated carbocycles. The van der Waals surface area contributed by atoms with Crippen LogP contribution in [0.5, 0.6) is 0 Å². The smallest absolute Gasteiger partial charge is 0.0973 e. The molecule has 0 radical (unpaired) electrons. The molecule has 282 valence electrons. The number of rotatable bonds is 8. The van der Waals surface area contributed by atoms with Gasteiger partial charge in [0.2, 0.25) is 0 Å². The summed E-state index contributed by atoms with van der Waals surface area (Å²) in [5.41, 5.74) is 17.0. The van der Waals surface area contributed by atoms with Gasteiger partial charge in [0, 0.05) is 44.6 Å². The van der Waals surface area contributed by atoms with Crippen molar-refractivity contribution in [3.63, 3.8) is 0 Å². The molecule has 0 fully saturated rings. The number of benzene rings is 9. The molecule has 4 nitrogen and oxygen atoms in total. The fourth-order valence-corrected chi connectivity index (χ4v) is 8.46. The average molecular weight is 767 g/mol. The van der Waals surface area contributed by atoms with E-state index in [1.54, 1.807) is 0 Å². The zero-order chi connectivity index (χ0) is 39.8. The van der Waals surface area contributed by atoms with Gasteiger partial charge in [-0.1, -0.05) is 152 Å². The fraction of sp³-hybridized carbons (Fsp3) is 0. The van der Waals surface area contributed by atoms with Gasteiger partial charge in [0.25, 0.3) is 0 Å². The Hall–Kier alpha value is -8.08. The normalized spacial score (nSPS) is 11.3. The van der Waals surface area contributed by atoms with E-state index in [0.717, 1.165) is 61.9 Å². The van der Waals surface area contributed by atoms with Crippen LogP contribution in [-0.2, 0) is 0 Å². The van der Waals surface area contributed by atoms with Crippen molar-refractivity contribution >= 4 is 49.9 Å². The first-order valence-corrected chi connectivity index (χ1v) is 20.3. The van der Waals surface area contributed by atoms with Crippen molar-refractivity contribution in [2.45, 2.75) is 0 Å². The number of hydrogen-bond acceptors (Lipinski definition) is 3. The van der Waals surface area contributed by atoms with Gasteiger partial charge in [0.15, 0.2) is 0 Å². The van der Waals surface area contributed by atoms with Crippen LogP contribution in [-0.4, -0.2) is 14.5 Å². The Morgan fingerprint density at radius 2 is 0.700 bits per heavy atom. The van der Waals surface area contributed by atoms with Crippen LogP contribution in [0, 0.1) is 0 Å². The molecule has 60 heavy (non-hydrogen) atoms. The maximum atomic E-state index is 5.16. The highest BCUT2D eigenvalue weighted by atomic mass is 15.1. The maximum Gasteiger partial charge on any atom is 0.0973 e. The summed E-state index contributed by atoms with van der Waals surface area (Å²) in [6.07, 6.45) is 0. The molecule has 0 unspecified atom stereocenters. The molecule has 0 saturated heterocycles. The van der Waals surface area contributed by atoms with Gasteiger partial charge < -0.3 is 9.47 Å². The third kappa shape index (κ3) is 6.37. The van der Waals surface area contributed by atoms with Crippen LogP contribution in [0.1, 0.15) is 0 Å². The molecule has 0 N–H and O–H groups in total. The van der Waals surface area contributed by atoms with Gasteiger partial charge in [-0.05, 0) is 101 Å². The van der Waals surface area contributed by atoms with Crippen LogP contribution in [0.15, 0.2) is 231 Å².